The van der Waals surface area contributed by atoms with Crippen LogP contribution in [0.25, 0.3) is 0 Å². The van der Waals surface area contributed by atoms with Crippen LogP contribution in [0, 0.1) is 0 Å². The summed E-state index contributed by atoms with van der Waals surface area (Å²) in [5.74, 6) is 1.32. The van der Waals surface area contributed by atoms with Crippen LogP contribution in [0.4, 0.5) is 10.5 Å². The number of nitrogens with two attached hydrogens (primary N) is 1. The van der Waals surface area contributed by atoms with Gasteiger partial charge in [0.1, 0.15) is 15.7 Å². The fraction of sp³-hybridized carbons (Fsp3) is 0.458. The number of rotatable bonds is 8. The molecule has 3 N–H and O–H groups in total. The van der Waals surface area contributed by atoms with Gasteiger partial charge >= 0.3 is 6.03 Å². The molecule has 2 aromatic rings. The summed E-state index contributed by atoms with van der Waals surface area (Å²) < 4.78 is 22.9. The van der Waals surface area contributed by atoms with Gasteiger partial charge in [-0.3, -0.25) is 0 Å². The Morgan fingerprint density at radius 1 is 1.24 bits per heavy atom. The molecule has 33 heavy (non-hydrogen) atoms. The lowest BCUT2D eigenvalue weighted by Crippen LogP contribution is -2.19. The number of ether oxygens (including phenoxy) is 1. The molecule has 0 saturated heterocycles. The number of hydrogen-bond acceptors (Lipinski definition) is 4. The van der Waals surface area contributed by atoms with Crippen molar-refractivity contribution >= 4 is 29.5 Å². The molecular formula is C24H35BN4O3S. The van der Waals surface area contributed by atoms with Gasteiger partial charge in [0.05, 0.1) is 10.9 Å². The highest BCUT2D eigenvalue weighted by Crippen LogP contribution is 2.47. The van der Waals surface area contributed by atoms with Crippen molar-refractivity contribution in [2.45, 2.75) is 62.9 Å². The van der Waals surface area contributed by atoms with Gasteiger partial charge in [-0.25, -0.2) is 14.1 Å². The molecule has 2 aromatic carbocycles. The van der Waals surface area contributed by atoms with E-state index >= 15 is 0 Å². The molecule has 0 spiro atoms. The highest BCUT2D eigenvalue weighted by molar-refractivity contribution is 7.91. The SMILES string of the molecule is BC(C)Oc1cc(C(C)C)c(NC(=O)N=S(N)(=O)c2ccc(CN(C)C)cc2)c(C2CC2)c1. The van der Waals surface area contributed by atoms with Gasteiger partial charge in [0.15, 0.2) is 7.85 Å². The molecule has 178 valence electrons. The van der Waals surface area contributed by atoms with E-state index in [-0.39, 0.29) is 11.9 Å². The molecule has 0 heterocycles. The topological polar surface area (TPSA) is 97.0 Å². The van der Waals surface area contributed by atoms with Crippen LogP contribution in [-0.2, 0) is 16.5 Å². The Morgan fingerprint density at radius 2 is 1.88 bits per heavy atom. The number of benzene rings is 2. The first-order chi connectivity index (χ1) is 15.5. The molecule has 0 aliphatic heterocycles. The second-order valence-corrected chi connectivity index (χ2v) is 11.3. The minimum atomic E-state index is -3.37. The van der Waals surface area contributed by atoms with Gasteiger partial charge in [-0.05, 0) is 86.7 Å². The van der Waals surface area contributed by atoms with Crippen molar-refractivity contribution in [2.24, 2.45) is 9.50 Å². The highest BCUT2D eigenvalue weighted by Gasteiger charge is 2.30. The fourth-order valence-corrected chi connectivity index (χ4v) is 4.70. The third-order valence-corrected chi connectivity index (χ3v) is 6.78. The summed E-state index contributed by atoms with van der Waals surface area (Å²) in [4.78, 5) is 15.2. The number of hydrogen-bond donors (Lipinski definition) is 2. The zero-order valence-electron chi connectivity index (χ0n) is 20.4. The molecule has 1 fully saturated rings. The van der Waals surface area contributed by atoms with Crippen molar-refractivity contribution in [1.82, 2.24) is 4.90 Å². The van der Waals surface area contributed by atoms with Crippen molar-refractivity contribution in [2.75, 3.05) is 19.4 Å². The van der Waals surface area contributed by atoms with E-state index in [2.05, 4.69) is 23.5 Å². The molecule has 0 radical (unpaired) electrons. The van der Waals surface area contributed by atoms with Crippen molar-refractivity contribution in [3.8, 4) is 5.75 Å². The van der Waals surface area contributed by atoms with E-state index in [0.29, 0.717) is 10.8 Å². The van der Waals surface area contributed by atoms with Crippen LogP contribution in [0.1, 0.15) is 62.1 Å². The first kappa shape index (κ1) is 25.3. The molecule has 3 rings (SSSR count). The summed E-state index contributed by atoms with van der Waals surface area (Å²) in [6.45, 7) is 6.88. The zero-order chi connectivity index (χ0) is 24.3. The summed E-state index contributed by atoms with van der Waals surface area (Å²) in [6, 6.07) is 10.4. The molecule has 1 saturated carbocycles. The van der Waals surface area contributed by atoms with Crippen molar-refractivity contribution in [3.63, 3.8) is 0 Å². The van der Waals surface area contributed by atoms with Gasteiger partial charge < -0.3 is 15.0 Å². The zero-order valence-corrected chi connectivity index (χ0v) is 21.2. The number of nitrogens with zero attached hydrogens (tertiary/aromatic N) is 2. The molecule has 2 amide bonds. The summed E-state index contributed by atoms with van der Waals surface area (Å²) in [5.41, 5.74) is 3.80. The second kappa shape index (κ2) is 10.3. The lowest BCUT2D eigenvalue weighted by atomic mass is 9.94. The summed E-state index contributed by atoms with van der Waals surface area (Å²) >= 11 is 0. The average Bonchev–Trinajstić information content (AvgIpc) is 3.53. The third-order valence-electron chi connectivity index (χ3n) is 5.39. The first-order valence-electron chi connectivity index (χ1n) is 11.4. The second-order valence-electron chi connectivity index (χ2n) is 9.54. The highest BCUT2D eigenvalue weighted by atomic mass is 32.2. The molecule has 7 nitrogen and oxygen atoms in total. The van der Waals surface area contributed by atoms with Crippen molar-refractivity contribution in [1.29, 1.82) is 0 Å². The molecule has 2 unspecified atom stereocenters. The number of carbonyl (C=O) groups excluding carboxylic acids is 1. The minimum Gasteiger partial charge on any atom is -0.500 e. The Hall–Kier alpha value is -2.36. The molecule has 0 bridgehead atoms. The van der Waals surface area contributed by atoms with Crippen LogP contribution in [0.3, 0.4) is 0 Å². The van der Waals surface area contributed by atoms with Gasteiger partial charge in [-0.15, -0.1) is 4.36 Å². The number of nitrogens with one attached hydrogen (secondary N) is 1. The van der Waals surface area contributed by atoms with Gasteiger partial charge in [0.2, 0.25) is 0 Å². The van der Waals surface area contributed by atoms with Gasteiger partial charge in [-0.1, -0.05) is 26.0 Å². The molecule has 1 aliphatic rings. The lowest BCUT2D eigenvalue weighted by Gasteiger charge is -2.21. The predicted octanol–water partition coefficient (Wildman–Crippen LogP) is 4.04. The average molecular weight is 470 g/mol. The standard InChI is InChI=1S/C24H35BN4O3S/c1-15(2)21-12-19(32-16(3)25)13-22(18-8-9-18)23(21)27-24(30)28-33(26,31)20-10-6-17(7-11-20)14-29(4)5/h6-7,10-13,15-16,18H,8-9,14,25H2,1-5H3,(H3,26,27,28,30,31). The number of anilines is 1. The van der Waals surface area contributed by atoms with Gasteiger partial charge in [0, 0.05) is 12.2 Å². The van der Waals surface area contributed by atoms with Gasteiger partial charge in [-0.2, -0.15) is 0 Å². The number of carbonyl (C=O) groups is 1. The first-order valence-corrected chi connectivity index (χ1v) is 13.0. The van der Waals surface area contributed by atoms with Crippen molar-refractivity contribution in [3.05, 3.63) is 53.1 Å². The van der Waals surface area contributed by atoms with Crippen LogP contribution in [0.5, 0.6) is 5.75 Å². The van der Waals surface area contributed by atoms with Crippen molar-refractivity contribution < 1.29 is 13.7 Å². The van der Waals surface area contributed by atoms with Crippen LogP contribution in [0.15, 0.2) is 45.7 Å². The van der Waals surface area contributed by atoms with E-state index in [1.54, 1.807) is 12.1 Å². The van der Waals surface area contributed by atoms with E-state index in [1.807, 2.05) is 58.0 Å². The normalized spacial score (nSPS) is 16.4. The maximum absolute atomic E-state index is 13.1. The third kappa shape index (κ3) is 6.82. The molecule has 1 aliphatic carbocycles. The Bertz CT molecular complexity index is 1100. The van der Waals surface area contributed by atoms with Gasteiger partial charge in [0.25, 0.3) is 0 Å². The quantitative estimate of drug-likeness (QED) is 0.569. The number of amides is 2. The fourth-order valence-electron chi connectivity index (χ4n) is 3.78. The van der Waals surface area contributed by atoms with E-state index in [0.717, 1.165) is 47.5 Å². The molecular weight excluding hydrogens is 435 g/mol. The Balaban J connectivity index is 1.91. The van der Waals surface area contributed by atoms with E-state index in [4.69, 9.17) is 9.88 Å². The molecule has 0 aromatic heterocycles. The molecule has 2 atom stereocenters. The minimum absolute atomic E-state index is 0.0542. The van der Waals surface area contributed by atoms with E-state index < -0.39 is 15.9 Å². The largest absolute Gasteiger partial charge is 0.500 e. The lowest BCUT2D eigenvalue weighted by molar-refractivity contribution is 0.260. The number of urea groups is 1. The van der Waals surface area contributed by atoms with E-state index in [1.165, 1.54) is 0 Å². The smallest absolute Gasteiger partial charge is 0.354 e. The predicted molar refractivity (Wildman–Crippen MR) is 137 cm³/mol. The van der Waals surface area contributed by atoms with Crippen LogP contribution in [0.2, 0.25) is 0 Å². The van der Waals surface area contributed by atoms with Crippen LogP contribution < -0.4 is 15.2 Å². The maximum atomic E-state index is 13.1. The van der Waals surface area contributed by atoms with Crippen LogP contribution in [-0.4, -0.2) is 43.1 Å². The summed E-state index contributed by atoms with van der Waals surface area (Å²) in [5, 5.41) is 8.90. The van der Waals surface area contributed by atoms with Crippen LogP contribution >= 0.6 is 0 Å². The summed E-state index contributed by atoms with van der Waals surface area (Å²) in [6.07, 6.45) is 2.13. The Labute approximate surface area is 198 Å². The summed E-state index contributed by atoms with van der Waals surface area (Å²) in [7, 11) is 2.57. The monoisotopic (exact) mass is 470 g/mol. The Kier molecular flexibility index (Phi) is 7.87. The maximum Gasteiger partial charge on any atom is 0.354 e. The Morgan fingerprint density at radius 3 is 2.39 bits per heavy atom. The molecule has 9 heteroatoms. The van der Waals surface area contributed by atoms with E-state index in [9.17, 15) is 9.00 Å².